The maximum absolute atomic E-state index is 12.7. The Morgan fingerprint density at radius 3 is 2.60 bits per heavy atom. The summed E-state index contributed by atoms with van der Waals surface area (Å²) in [4.78, 5) is 27.4. The highest BCUT2D eigenvalue weighted by atomic mass is 32.2. The molecule has 0 atom stereocenters. The van der Waals surface area contributed by atoms with Gasteiger partial charge in [-0.15, -0.1) is 0 Å². The standard InChI is InChI=1S/C23H22N6O4S2/c1-14-10-11-24-22(25-14)28-35(31,32)17-8-6-16(7-9-17)26-21(30)15-12-29(13-15)23-27-20-18(33-2)4-3-5-19(20)34-23/h3-11,15H,12-13H2,1-2H3,(H,26,30)(H,24,25,28). The summed E-state index contributed by atoms with van der Waals surface area (Å²) in [6, 6.07) is 13.4. The Morgan fingerprint density at radius 2 is 1.89 bits per heavy atom. The zero-order valence-electron chi connectivity index (χ0n) is 18.9. The molecule has 1 amide bonds. The summed E-state index contributed by atoms with van der Waals surface area (Å²) in [6.45, 7) is 2.86. The Labute approximate surface area is 206 Å². The SMILES string of the molecule is COc1cccc2sc(N3CC(C(=O)Nc4ccc(S(=O)(=O)Nc5nccc(C)n5)cc4)C3)nc12. The van der Waals surface area contributed by atoms with Crippen LogP contribution < -0.4 is 19.7 Å². The molecule has 1 aliphatic rings. The first-order chi connectivity index (χ1) is 16.8. The third kappa shape index (κ3) is 4.75. The number of anilines is 3. The van der Waals surface area contributed by atoms with E-state index in [1.54, 1.807) is 43.6 Å². The zero-order valence-corrected chi connectivity index (χ0v) is 20.6. The van der Waals surface area contributed by atoms with Crippen LogP contribution in [0.5, 0.6) is 5.75 Å². The number of fused-ring (bicyclic) bond motifs is 1. The van der Waals surface area contributed by atoms with Crippen molar-refractivity contribution in [1.29, 1.82) is 0 Å². The number of carbonyl (C=O) groups is 1. The van der Waals surface area contributed by atoms with Gasteiger partial charge >= 0.3 is 0 Å². The third-order valence-corrected chi connectivity index (χ3v) is 7.99. The Hall–Kier alpha value is -3.77. The van der Waals surface area contributed by atoms with Gasteiger partial charge in [0.25, 0.3) is 10.0 Å². The number of hydrogen-bond donors (Lipinski definition) is 2. The number of carbonyl (C=O) groups excluding carboxylic acids is 1. The van der Waals surface area contributed by atoms with Crippen molar-refractivity contribution in [3.63, 3.8) is 0 Å². The summed E-state index contributed by atoms with van der Waals surface area (Å²) in [5.41, 5.74) is 1.98. The van der Waals surface area contributed by atoms with E-state index in [1.807, 2.05) is 18.2 Å². The minimum absolute atomic E-state index is 0.00323. The molecule has 5 rings (SSSR count). The molecule has 1 saturated heterocycles. The Morgan fingerprint density at radius 1 is 1.11 bits per heavy atom. The molecule has 1 fully saturated rings. The van der Waals surface area contributed by atoms with Gasteiger partial charge in [-0.3, -0.25) is 4.79 Å². The molecule has 0 aliphatic carbocycles. The van der Waals surface area contributed by atoms with Crippen molar-refractivity contribution in [1.82, 2.24) is 15.0 Å². The van der Waals surface area contributed by atoms with Crippen LogP contribution >= 0.6 is 11.3 Å². The maximum Gasteiger partial charge on any atom is 0.264 e. The van der Waals surface area contributed by atoms with Crippen LogP contribution in [0.25, 0.3) is 10.2 Å². The van der Waals surface area contributed by atoms with Crippen LogP contribution in [-0.4, -0.2) is 49.5 Å². The average Bonchev–Trinajstić information content (AvgIpc) is 3.22. The molecule has 2 aromatic heterocycles. The van der Waals surface area contributed by atoms with Crippen molar-refractivity contribution in [2.45, 2.75) is 11.8 Å². The number of amides is 1. The second kappa shape index (κ2) is 9.12. The summed E-state index contributed by atoms with van der Waals surface area (Å²) in [5.74, 6) is 0.421. The van der Waals surface area contributed by atoms with E-state index in [9.17, 15) is 13.2 Å². The minimum atomic E-state index is -3.85. The van der Waals surface area contributed by atoms with Gasteiger partial charge in [-0.25, -0.2) is 28.1 Å². The van der Waals surface area contributed by atoms with Gasteiger partial charge in [0.15, 0.2) is 5.13 Å². The number of para-hydroxylation sites is 1. The van der Waals surface area contributed by atoms with E-state index < -0.39 is 10.0 Å². The molecule has 1 aliphatic heterocycles. The van der Waals surface area contributed by atoms with E-state index >= 15 is 0 Å². The molecule has 0 spiro atoms. The first kappa shape index (κ1) is 23.0. The Bertz CT molecular complexity index is 1500. The second-order valence-corrected chi connectivity index (χ2v) is 10.7. The number of sulfonamides is 1. The highest BCUT2D eigenvalue weighted by Crippen LogP contribution is 2.36. The van der Waals surface area contributed by atoms with Crippen molar-refractivity contribution in [2.75, 3.05) is 35.1 Å². The van der Waals surface area contributed by atoms with E-state index in [0.717, 1.165) is 21.1 Å². The number of hydrogen-bond acceptors (Lipinski definition) is 9. The monoisotopic (exact) mass is 510 g/mol. The molecule has 0 bridgehead atoms. The predicted octanol–water partition coefficient (Wildman–Crippen LogP) is 3.28. The molecule has 2 N–H and O–H groups in total. The summed E-state index contributed by atoms with van der Waals surface area (Å²) in [6.07, 6.45) is 1.48. The van der Waals surface area contributed by atoms with E-state index in [4.69, 9.17) is 4.74 Å². The topological polar surface area (TPSA) is 126 Å². The van der Waals surface area contributed by atoms with Crippen LogP contribution in [0.4, 0.5) is 16.8 Å². The highest BCUT2D eigenvalue weighted by molar-refractivity contribution is 7.92. The lowest BCUT2D eigenvalue weighted by molar-refractivity contribution is -0.120. The molecule has 0 saturated carbocycles. The molecule has 180 valence electrons. The first-order valence-corrected chi connectivity index (χ1v) is 13.0. The summed E-state index contributed by atoms with van der Waals surface area (Å²) in [5, 5.41) is 3.71. The number of aromatic nitrogens is 3. The van der Waals surface area contributed by atoms with Crippen molar-refractivity contribution in [2.24, 2.45) is 5.92 Å². The number of methoxy groups -OCH3 is 1. The number of ether oxygens (including phenoxy) is 1. The predicted molar refractivity (Wildman–Crippen MR) is 135 cm³/mol. The van der Waals surface area contributed by atoms with Crippen LogP contribution in [0.3, 0.4) is 0 Å². The van der Waals surface area contributed by atoms with Crippen molar-refractivity contribution in [3.8, 4) is 5.75 Å². The second-order valence-electron chi connectivity index (χ2n) is 8.05. The van der Waals surface area contributed by atoms with Gasteiger partial charge in [0.2, 0.25) is 11.9 Å². The van der Waals surface area contributed by atoms with Crippen molar-refractivity contribution < 1.29 is 17.9 Å². The van der Waals surface area contributed by atoms with Crippen LogP contribution in [0.2, 0.25) is 0 Å². The molecule has 0 radical (unpaired) electrons. The first-order valence-electron chi connectivity index (χ1n) is 10.7. The molecule has 0 unspecified atom stereocenters. The number of nitrogens with one attached hydrogen (secondary N) is 2. The number of thiazole rings is 1. The van der Waals surface area contributed by atoms with Gasteiger partial charge in [0.1, 0.15) is 11.3 Å². The van der Waals surface area contributed by atoms with E-state index in [1.165, 1.54) is 18.3 Å². The normalized spacial score (nSPS) is 13.9. The molecule has 12 heteroatoms. The quantitative estimate of drug-likeness (QED) is 0.388. The molecule has 35 heavy (non-hydrogen) atoms. The molecular formula is C23H22N6O4S2. The number of nitrogens with zero attached hydrogens (tertiary/aromatic N) is 4. The van der Waals surface area contributed by atoms with Crippen molar-refractivity contribution in [3.05, 3.63) is 60.4 Å². The third-order valence-electron chi connectivity index (χ3n) is 5.57. The highest BCUT2D eigenvalue weighted by Gasteiger charge is 2.34. The number of aryl methyl sites for hydroxylation is 1. The Balaban J connectivity index is 1.19. The summed E-state index contributed by atoms with van der Waals surface area (Å²) < 4.78 is 33.9. The lowest BCUT2D eigenvalue weighted by Crippen LogP contribution is -2.52. The lowest BCUT2D eigenvalue weighted by Gasteiger charge is -2.37. The van der Waals surface area contributed by atoms with Crippen LogP contribution in [-0.2, 0) is 14.8 Å². The van der Waals surface area contributed by atoms with Gasteiger partial charge in [-0.2, -0.15) is 0 Å². The fourth-order valence-electron chi connectivity index (χ4n) is 3.65. The minimum Gasteiger partial charge on any atom is -0.494 e. The van der Waals surface area contributed by atoms with Gasteiger partial charge in [-0.1, -0.05) is 17.4 Å². The largest absolute Gasteiger partial charge is 0.494 e. The van der Waals surface area contributed by atoms with Gasteiger partial charge in [-0.05, 0) is 49.4 Å². The molecule has 2 aromatic carbocycles. The van der Waals surface area contributed by atoms with Crippen LogP contribution in [0.15, 0.2) is 59.6 Å². The molecule has 3 heterocycles. The van der Waals surface area contributed by atoms with Crippen molar-refractivity contribution >= 4 is 54.3 Å². The van der Waals surface area contributed by atoms with E-state index in [0.29, 0.717) is 24.5 Å². The summed E-state index contributed by atoms with van der Waals surface area (Å²) >= 11 is 1.56. The van der Waals surface area contributed by atoms with Crippen LogP contribution in [0, 0.1) is 12.8 Å². The molecule has 10 nitrogen and oxygen atoms in total. The average molecular weight is 511 g/mol. The van der Waals surface area contributed by atoms with E-state index in [-0.39, 0.29) is 22.7 Å². The Kier molecular flexibility index (Phi) is 5.99. The zero-order chi connectivity index (χ0) is 24.6. The maximum atomic E-state index is 12.7. The summed E-state index contributed by atoms with van der Waals surface area (Å²) in [7, 11) is -2.23. The fraction of sp³-hybridized carbons (Fsp3) is 0.217. The van der Waals surface area contributed by atoms with E-state index in [2.05, 4.69) is 29.9 Å². The fourth-order valence-corrected chi connectivity index (χ4v) is 5.60. The smallest absolute Gasteiger partial charge is 0.264 e. The number of rotatable bonds is 7. The van der Waals surface area contributed by atoms with Gasteiger partial charge < -0.3 is 15.0 Å². The van der Waals surface area contributed by atoms with Gasteiger partial charge in [0.05, 0.1) is 22.6 Å². The molecule has 4 aromatic rings. The van der Waals surface area contributed by atoms with Gasteiger partial charge in [0, 0.05) is 30.7 Å². The van der Waals surface area contributed by atoms with Crippen LogP contribution in [0.1, 0.15) is 5.69 Å². The number of benzene rings is 2. The lowest BCUT2D eigenvalue weighted by atomic mass is 10.00. The molecular weight excluding hydrogens is 488 g/mol.